The Morgan fingerprint density at radius 1 is 1.00 bits per heavy atom. The third kappa shape index (κ3) is 4.75. The Kier molecular flexibility index (Phi) is 6.09. The van der Waals surface area contributed by atoms with Crippen molar-refractivity contribution in [3.05, 3.63) is 74.8 Å². The summed E-state index contributed by atoms with van der Waals surface area (Å²) in [6.07, 6.45) is -4.08. The lowest BCUT2D eigenvalue weighted by atomic mass is 10.0. The van der Waals surface area contributed by atoms with E-state index in [2.05, 4.69) is 4.98 Å². The van der Waals surface area contributed by atoms with Crippen molar-refractivity contribution in [1.82, 2.24) is 4.98 Å². The molecule has 2 aromatic carbocycles. The summed E-state index contributed by atoms with van der Waals surface area (Å²) in [5.74, 6) is -5.11. The van der Waals surface area contributed by atoms with Crippen LogP contribution in [0.25, 0.3) is 11.3 Å². The highest BCUT2D eigenvalue weighted by molar-refractivity contribution is 7.91. The molecular weight excluding hydrogens is 474 g/mol. The van der Waals surface area contributed by atoms with Crippen molar-refractivity contribution in [1.29, 1.82) is 4.78 Å². The third-order valence-corrected chi connectivity index (χ3v) is 6.01. The van der Waals surface area contributed by atoms with Gasteiger partial charge < -0.3 is 9.72 Å². The molecule has 1 heterocycles. The van der Waals surface area contributed by atoms with Crippen LogP contribution in [0.15, 0.2) is 40.0 Å². The summed E-state index contributed by atoms with van der Waals surface area (Å²) in [7, 11) is -3.45. The van der Waals surface area contributed by atoms with Crippen LogP contribution < -0.4 is 10.2 Å². The van der Waals surface area contributed by atoms with E-state index in [0.717, 1.165) is 25.3 Å². The first-order chi connectivity index (χ1) is 15.1. The molecular formula is C21H16F6N2O3S. The predicted octanol–water partition coefficient (Wildman–Crippen LogP) is 5.92. The molecule has 0 aliphatic rings. The molecule has 33 heavy (non-hydrogen) atoms. The maximum absolute atomic E-state index is 14.4. The molecule has 176 valence electrons. The van der Waals surface area contributed by atoms with Gasteiger partial charge in [0.2, 0.25) is 0 Å². The van der Waals surface area contributed by atoms with Crippen LogP contribution in [0.1, 0.15) is 16.8 Å². The molecule has 12 heteroatoms. The highest BCUT2D eigenvalue weighted by Crippen LogP contribution is 2.41. The number of H-pyrrole nitrogens is 1. The van der Waals surface area contributed by atoms with Gasteiger partial charge in [0.1, 0.15) is 22.2 Å². The Bertz CT molecular complexity index is 1430. The van der Waals surface area contributed by atoms with E-state index in [1.165, 1.54) is 6.92 Å². The molecule has 2 N–H and O–H groups in total. The van der Waals surface area contributed by atoms with Crippen LogP contribution in [0.5, 0.6) is 11.5 Å². The van der Waals surface area contributed by atoms with Gasteiger partial charge in [-0.25, -0.2) is 22.2 Å². The Labute approximate surface area is 184 Å². The molecule has 1 atom stereocenters. The van der Waals surface area contributed by atoms with Gasteiger partial charge in [-0.2, -0.15) is 13.2 Å². The van der Waals surface area contributed by atoms with Gasteiger partial charge in [-0.3, -0.25) is 4.79 Å². The fraction of sp³-hybridized carbons (Fsp3) is 0.190. The Morgan fingerprint density at radius 3 is 2.18 bits per heavy atom. The summed E-state index contributed by atoms with van der Waals surface area (Å²) in [4.78, 5) is 14.7. The predicted molar refractivity (Wildman–Crippen MR) is 108 cm³/mol. The quantitative estimate of drug-likeness (QED) is 0.445. The van der Waals surface area contributed by atoms with Crippen molar-refractivity contribution < 1.29 is 35.3 Å². The van der Waals surface area contributed by atoms with E-state index in [1.807, 2.05) is 0 Å². The van der Waals surface area contributed by atoms with Gasteiger partial charge in [0.05, 0.1) is 21.0 Å². The molecule has 3 rings (SSSR count). The van der Waals surface area contributed by atoms with Gasteiger partial charge >= 0.3 is 6.18 Å². The minimum atomic E-state index is -5.10. The highest BCUT2D eigenvalue weighted by atomic mass is 32.2. The second-order valence-corrected chi connectivity index (χ2v) is 9.35. The number of pyridine rings is 1. The topological polar surface area (TPSA) is 83.0 Å². The monoisotopic (exact) mass is 490 g/mol. The zero-order chi connectivity index (χ0) is 24.9. The van der Waals surface area contributed by atoms with Gasteiger partial charge in [-0.05, 0) is 38.1 Å². The van der Waals surface area contributed by atoms with Crippen molar-refractivity contribution >= 4 is 9.73 Å². The average Bonchev–Trinajstić information content (AvgIpc) is 2.66. The number of nitrogens with one attached hydrogen (secondary N) is 2. The fourth-order valence-corrected chi connectivity index (χ4v) is 4.31. The molecule has 3 aromatic rings. The largest absolute Gasteiger partial charge is 0.456 e. The first kappa shape index (κ1) is 24.4. The van der Waals surface area contributed by atoms with Crippen LogP contribution in [-0.4, -0.2) is 15.4 Å². The molecule has 0 fully saturated rings. The minimum absolute atomic E-state index is 0.0183. The zero-order valence-corrected chi connectivity index (χ0v) is 18.1. The van der Waals surface area contributed by atoms with Crippen LogP contribution in [0.3, 0.4) is 0 Å². The number of rotatable bonds is 4. The molecule has 0 radical (unpaired) electrons. The van der Waals surface area contributed by atoms with Crippen LogP contribution >= 0.6 is 0 Å². The molecule has 0 bridgehead atoms. The van der Waals surface area contributed by atoms with Gasteiger partial charge in [-0.15, -0.1) is 0 Å². The SMILES string of the molecule is Cc1[nH]c(-c2cc(F)c(C(F)(F)F)cc2Oc2ccc(F)c(F)c2C)cc(=O)c1[S@](C)(=N)=O. The molecule has 0 saturated heterocycles. The van der Waals surface area contributed by atoms with Crippen LogP contribution in [0.2, 0.25) is 0 Å². The van der Waals surface area contributed by atoms with Gasteiger partial charge in [0.25, 0.3) is 0 Å². The highest BCUT2D eigenvalue weighted by Gasteiger charge is 2.36. The molecule has 0 unspecified atom stereocenters. The molecule has 0 aliphatic carbocycles. The fourth-order valence-electron chi connectivity index (χ4n) is 3.23. The first-order valence-electron chi connectivity index (χ1n) is 9.12. The van der Waals surface area contributed by atoms with Crippen molar-refractivity contribution in [2.75, 3.05) is 6.26 Å². The lowest BCUT2D eigenvalue weighted by Gasteiger charge is -2.17. The minimum Gasteiger partial charge on any atom is -0.456 e. The molecule has 0 aliphatic heterocycles. The van der Waals surface area contributed by atoms with E-state index in [0.29, 0.717) is 18.2 Å². The third-order valence-electron chi connectivity index (χ3n) is 4.73. The summed E-state index contributed by atoms with van der Waals surface area (Å²) < 4.78 is 107. The smallest absolute Gasteiger partial charge is 0.419 e. The zero-order valence-electron chi connectivity index (χ0n) is 17.3. The van der Waals surface area contributed by atoms with Crippen molar-refractivity contribution in [3.8, 4) is 22.8 Å². The molecule has 1 aromatic heterocycles. The number of aryl methyl sites for hydroxylation is 1. The van der Waals surface area contributed by atoms with E-state index < -0.39 is 50.1 Å². The summed E-state index contributed by atoms with van der Waals surface area (Å²) >= 11 is 0. The van der Waals surface area contributed by atoms with E-state index >= 15 is 0 Å². The second-order valence-electron chi connectivity index (χ2n) is 7.26. The number of hydrogen-bond acceptors (Lipinski definition) is 4. The maximum atomic E-state index is 14.4. The Hall–Kier alpha value is -3.28. The summed E-state index contributed by atoms with van der Waals surface area (Å²) in [6.45, 7) is 2.45. The Morgan fingerprint density at radius 2 is 1.64 bits per heavy atom. The number of halogens is 6. The summed E-state index contributed by atoms with van der Waals surface area (Å²) in [5.41, 5.74) is -3.45. The lowest BCUT2D eigenvalue weighted by Crippen LogP contribution is -2.16. The van der Waals surface area contributed by atoms with Crippen LogP contribution in [-0.2, 0) is 15.9 Å². The van der Waals surface area contributed by atoms with Crippen molar-refractivity contribution in [2.45, 2.75) is 24.9 Å². The average molecular weight is 490 g/mol. The molecule has 0 amide bonds. The van der Waals surface area contributed by atoms with Crippen LogP contribution in [0.4, 0.5) is 26.3 Å². The van der Waals surface area contributed by atoms with Gasteiger partial charge in [0.15, 0.2) is 17.1 Å². The van der Waals surface area contributed by atoms with E-state index in [1.54, 1.807) is 0 Å². The Balaban J connectivity index is 2.30. The number of aromatic nitrogens is 1. The van der Waals surface area contributed by atoms with E-state index in [9.17, 15) is 35.3 Å². The standard InChI is InChI=1S/C21H16F6N2O3S/c1-9-17(5-4-13(22)19(9)24)32-18-7-12(21(25,26)27)14(23)6-11(18)15-8-16(30)20(10(2)29-15)33(3,28)31/h4-8,28H,1-3H3,(H,29,30)/t33-/m1/s1. The number of ether oxygens (including phenoxy) is 1. The van der Waals surface area contributed by atoms with Crippen LogP contribution in [0, 0.1) is 36.1 Å². The number of benzene rings is 2. The van der Waals surface area contributed by atoms with Crippen molar-refractivity contribution in [3.63, 3.8) is 0 Å². The van der Waals surface area contributed by atoms with Crippen molar-refractivity contribution in [2.24, 2.45) is 0 Å². The number of alkyl halides is 3. The maximum Gasteiger partial charge on any atom is 0.419 e. The first-order valence-corrected chi connectivity index (χ1v) is 11.1. The molecule has 0 spiro atoms. The van der Waals surface area contributed by atoms with E-state index in [4.69, 9.17) is 9.52 Å². The van der Waals surface area contributed by atoms with Gasteiger partial charge in [-0.1, -0.05) is 0 Å². The lowest BCUT2D eigenvalue weighted by molar-refractivity contribution is -0.140. The molecule has 5 nitrogen and oxygen atoms in total. The normalized spacial score (nSPS) is 13.6. The molecule has 0 saturated carbocycles. The van der Waals surface area contributed by atoms with E-state index in [-0.39, 0.29) is 33.2 Å². The second kappa shape index (κ2) is 8.25. The van der Waals surface area contributed by atoms with Gasteiger partial charge in [0, 0.05) is 29.1 Å². The number of aromatic amines is 1. The summed E-state index contributed by atoms with van der Waals surface area (Å²) in [5, 5.41) is 0. The number of hydrogen-bond donors (Lipinski definition) is 2. The summed E-state index contributed by atoms with van der Waals surface area (Å²) in [6, 6.07) is 3.34.